The van der Waals surface area contributed by atoms with Gasteiger partial charge in [0.2, 0.25) is 0 Å². The zero-order valence-corrected chi connectivity index (χ0v) is 18.6. The fraction of sp³-hybridized carbons (Fsp3) is 0.227. The van der Waals surface area contributed by atoms with Gasteiger partial charge < -0.3 is 9.64 Å². The van der Waals surface area contributed by atoms with E-state index in [0.717, 1.165) is 29.2 Å². The lowest BCUT2D eigenvalue weighted by Gasteiger charge is -2.18. The minimum atomic E-state index is -4.43. The Kier molecular flexibility index (Phi) is 7.54. The number of para-hydroxylation sites is 1. The van der Waals surface area contributed by atoms with Crippen LogP contribution >= 0.6 is 11.3 Å². The Labute approximate surface area is 192 Å². The molecule has 0 radical (unpaired) electrons. The second kappa shape index (κ2) is 10.3. The maximum Gasteiger partial charge on any atom is 0.426 e. The van der Waals surface area contributed by atoms with E-state index in [-0.39, 0.29) is 11.5 Å². The van der Waals surface area contributed by atoms with Crippen LogP contribution < -0.4 is 15.8 Å². The number of nitrogens with one attached hydrogen (secondary N) is 2. The highest BCUT2D eigenvalue weighted by Crippen LogP contribution is 2.32. The molecule has 7 nitrogen and oxygen atoms in total. The predicted molar refractivity (Wildman–Crippen MR) is 119 cm³/mol. The number of amides is 2. The van der Waals surface area contributed by atoms with Crippen molar-refractivity contribution in [2.45, 2.75) is 13.1 Å². The van der Waals surface area contributed by atoms with E-state index in [1.54, 1.807) is 6.92 Å². The van der Waals surface area contributed by atoms with Crippen LogP contribution in [0.25, 0.3) is 10.6 Å². The van der Waals surface area contributed by atoms with E-state index in [0.29, 0.717) is 22.8 Å². The van der Waals surface area contributed by atoms with Crippen molar-refractivity contribution in [3.05, 3.63) is 70.7 Å². The first-order valence-corrected chi connectivity index (χ1v) is 10.6. The third kappa shape index (κ3) is 6.45. The van der Waals surface area contributed by atoms with Crippen molar-refractivity contribution in [2.75, 3.05) is 25.1 Å². The Morgan fingerprint density at radius 1 is 1.06 bits per heavy atom. The molecular formula is C22H21F3N4O3S. The molecule has 1 heterocycles. The molecule has 0 aliphatic carbocycles. The number of ether oxygens (including phenoxy) is 1. The molecule has 1 aromatic heterocycles. The summed E-state index contributed by atoms with van der Waals surface area (Å²) in [4.78, 5) is 30.6. The Balaban J connectivity index is 1.50. The molecule has 0 spiro atoms. The lowest BCUT2D eigenvalue weighted by molar-refractivity contribution is -0.137. The van der Waals surface area contributed by atoms with Crippen LogP contribution in [0.3, 0.4) is 0 Å². The van der Waals surface area contributed by atoms with Crippen LogP contribution in [0.15, 0.2) is 54.6 Å². The molecule has 0 aliphatic heterocycles. The van der Waals surface area contributed by atoms with Crippen molar-refractivity contribution in [3.63, 3.8) is 0 Å². The van der Waals surface area contributed by atoms with Gasteiger partial charge >= 0.3 is 12.3 Å². The molecule has 11 heteroatoms. The van der Waals surface area contributed by atoms with Crippen LogP contribution in [0.4, 0.5) is 23.7 Å². The number of aromatic nitrogens is 1. The molecular weight excluding hydrogens is 457 g/mol. The molecule has 33 heavy (non-hydrogen) atoms. The van der Waals surface area contributed by atoms with Gasteiger partial charge in [0.05, 0.1) is 17.8 Å². The molecule has 3 rings (SSSR count). The van der Waals surface area contributed by atoms with Crippen molar-refractivity contribution < 1.29 is 27.5 Å². The second-order valence-electron chi connectivity index (χ2n) is 6.98. The van der Waals surface area contributed by atoms with Gasteiger partial charge in [-0.15, -0.1) is 11.3 Å². The third-order valence-electron chi connectivity index (χ3n) is 4.60. The van der Waals surface area contributed by atoms with Crippen LogP contribution in [0.5, 0.6) is 0 Å². The van der Waals surface area contributed by atoms with Gasteiger partial charge in [-0.25, -0.2) is 15.2 Å². The van der Waals surface area contributed by atoms with E-state index in [4.69, 9.17) is 4.74 Å². The average Bonchev–Trinajstić information content (AvgIpc) is 3.19. The summed E-state index contributed by atoms with van der Waals surface area (Å²) in [5, 5.41) is 0.387. The number of hydrogen-bond donors (Lipinski definition) is 2. The van der Waals surface area contributed by atoms with Crippen molar-refractivity contribution in [2.24, 2.45) is 0 Å². The van der Waals surface area contributed by atoms with Gasteiger partial charge in [0, 0.05) is 18.3 Å². The summed E-state index contributed by atoms with van der Waals surface area (Å²) in [5.41, 5.74) is 5.45. The summed E-state index contributed by atoms with van der Waals surface area (Å²) >= 11 is 1.00. The first-order chi connectivity index (χ1) is 15.6. The molecule has 2 N–H and O–H groups in total. The number of nitrogens with zero attached hydrogens (tertiary/aromatic N) is 2. The van der Waals surface area contributed by atoms with Gasteiger partial charge in [0.15, 0.2) is 0 Å². The first kappa shape index (κ1) is 24.1. The Bertz CT molecular complexity index is 1100. The largest absolute Gasteiger partial charge is 0.446 e. The van der Waals surface area contributed by atoms with E-state index in [2.05, 4.69) is 15.8 Å². The normalized spacial score (nSPS) is 11.1. The monoisotopic (exact) mass is 478 g/mol. The number of anilines is 1. The molecule has 0 aliphatic rings. The number of alkyl halides is 3. The smallest absolute Gasteiger partial charge is 0.426 e. The number of rotatable bonds is 6. The van der Waals surface area contributed by atoms with Crippen LogP contribution in [0, 0.1) is 6.92 Å². The van der Waals surface area contributed by atoms with Gasteiger partial charge in [0.1, 0.15) is 16.5 Å². The molecule has 3 aromatic rings. The van der Waals surface area contributed by atoms with Crippen molar-refractivity contribution >= 4 is 29.0 Å². The fourth-order valence-electron chi connectivity index (χ4n) is 2.82. The minimum Gasteiger partial charge on any atom is -0.446 e. The topological polar surface area (TPSA) is 83.6 Å². The minimum absolute atomic E-state index is 0.102. The Hall–Kier alpha value is -3.60. The van der Waals surface area contributed by atoms with Crippen LogP contribution in [0.1, 0.15) is 20.9 Å². The van der Waals surface area contributed by atoms with E-state index in [1.807, 2.05) is 42.3 Å². The highest BCUT2D eigenvalue weighted by atomic mass is 32.1. The molecule has 174 valence electrons. The van der Waals surface area contributed by atoms with Gasteiger partial charge in [-0.05, 0) is 31.2 Å². The molecule has 2 aromatic carbocycles. The quantitative estimate of drug-likeness (QED) is 0.504. The lowest BCUT2D eigenvalue weighted by Crippen LogP contribution is -2.42. The number of carbonyl (C=O) groups is 2. The summed E-state index contributed by atoms with van der Waals surface area (Å²) < 4.78 is 43.2. The zero-order chi connectivity index (χ0) is 24.0. The number of carbonyl (C=O) groups excluding carboxylic acids is 2. The molecule has 0 atom stereocenters. The van der Waals surface area contributed by atoms with E-state index in [1.165, 1.54) is 12.1 Å². The Morgan fingerprint density at radius 2 is 1.73 bits per heavy atom. The molecule has 0 unspecified atom stereocenters. The zero-order valence-electron chi connectivity index (χ0n) is 17.8. The van der Waals surface area contributed by atoms with Crippen molar-refractivity contribution in [1.82, 2.24) is 15.8 Å². The summed E-state index contributed by atoms with van der Waals surface area (Å²) in [5.74, 6) is -0.610. The number of likely N-dealkylation sites (N-methyl/N-ethyl adjacent to an activating group) is 1. The number of halogens is 3. The Morgan fingerprint density at radius 3 is 2.36 bits per heavy atom. The first-order valence-electron chi connectivity index (χ1n) is 9.79. The molecule has 0 fully saturated rings. The standard InChI is InChI=1S/C22H21F3N4O3S/c1-14-18(33-20(26-14)15-8-10-16(11-9-15)22(23,24)25)19(30)27-28-21(31)32-13-12-29(2)17-6-4-3-5-7-17/h3-11H,12-13H2,1-2H3,(H,27,30)(H,28,31). The molecule has 2 amide bonds. The van der Waals surface area contributed by atoms with Crippen molar-refractivity contribution in [1.29, 1.82) is 0 Å². The van der Waals surface area contributed by atoms with E-state index in [9.17, 15) is 22.8 Å². The van der Waals surface area contributed by atoms with Crippen LogP contribution in [-0.2, 0) is 10.9 Å². The van der Waals surface area contributed by atoms with Gasteiger partial charge in [-0.3, -0.25) is 10.2 Å². The molecule has 0 saturated heterocycles. The number of benzene rings is 2. The van der Waals surface area contributed by atoms with E-state index < -0.39 is 23.7 Å². The maximum absolute atomic E-state index is 12.7. The third-order valence-corrected chi connectivity index (χ3v) is 5.80. The lowest BCUT2D eigenvalue weighted by atomic mass is 10.1. The average molecular weight is 478 g/mol. The fourth-order valence-corrected chi connectivity index (χ4v) is 3.79. The molecule has 0 bridgehead atoms. The maximum atomic E-state index is 12.7. The second-order valence-corrected chi connectivity index (χ2v) is 7.98. The summed E-state index contributed by atoms with van der Waals surface area (Å²) in [6.45, 7) is 2.15. The highest BCUT2D eigenvalue weighted by molar-refractivity contribution is 7.17. The molecule has 0 saturated carbocycles. The summed E-state index contributed by atoms with van der Waals surface area (Å²) in [6, 6.07) is 14.1. The van der Waals surface area contributed by atoms with Gasteiger partial charge in [-0.2, -0.15) is 13.2 Å². The number of hydrazine groups is 1. The summed E-state index contributed by atoms with van der Waals surface area (Å²) in [6.07, 6.45) is -5.26. The van der Waals surface area contributed by atoms with Crippen LogP contribution in [-0.4, -0.2) is 37.2 Å². The van der Waals surface area contributed by atoms with Gasteiger partial charge in [-0.1, -0.05) is 30.3 Å². The highest BCUT2D eigenvalue weighted by Gasteiger charge is 2.30. The number of hydrogen-bond acceptors (Lipinski definition) is 6. The van der Waals surface area contributed by atoms with Gasteiger partial charge in [0.25, 0.3) is 5.91 Å². The van der Waals surface area contributed by atoms with E-state index >= 15 is 0 Å². The predicted octanol–water partition coefficient (Wildman–Crippen LogP) is 4.64. The SMILES string of the molecule is Cc1nc(-c2ccc(C(F)(F)F)cc2)sc1C(=O)NNC(=O)OCCN(C)c1ccccc1. The van der Waals surface area contributed by atoms with Crippen LogP contribution in [0.2, 0.25) is 0 Å². The number of thiazole rings is 1. The summed E-state index contributed by atoms with van der Waals surface area (Å²) in [7, 11) is 1.86. The number of aryl methyl sites for hydroxylation is 1. The van der Waals surface area contributed by atoms with Crippen molar-refractivity contribution in [3.8, 4) is 10.6 Å².